The van der Waals surface area contributed by atoms with E-state index in [0.29, 0.717) is 0 Å². The van der Waals surface area contributed by atoms with Crippen molar-refractivity contribution in [2.45, 2.75) is 37.8 Å². The number of nitrogens with two attached hydrogens (primary N) is 1. The monoisotopic (exact) mass is 239 g/mol. The summed E-state index contributed by atoms with van der Waals surface area (Å²) in [5.41, 5.74) is 7.17. The van der Waals surface area contributed by atoms with Crippen LogP contribution in [0.2, 0.25) is 0 Å². The zero-order valence-electron chi connectivity index (χ0n) is 10.6. The lowest BCUT2D eigenvalue weighted by Crippen LogP contribution is -2.26. The van der Waals surface area contributed by atoms with Gasteiger partial charge in [0, 0.05) is 13.7 Å². The topological polar surface area (TPSA) is 62.3 Å². The first-order valence-corrected chi connectivity index (χ1v) is 6.15. The van der Waals surface area contributed by atoms with Crippen LogP contribution in [0, 0.1) is 0 Å². The molecular weight excluding hydrogens is 218 g/mol. The molecule has 0 aliphatic carbocycles. The van der Waals surface area contributed by atoms with Gasteiger partial charge in [-0.1, -0.05) is 0 Å². The standard InChI is InChI=1S/C12H21N3O2/c1-15-12(11(16-2)8-14-15)10(13)7-9-5-3-4-6-17-9/h8-10H,3-7,13H2,1-2H3. The van der Waals surface area contributed by atoms with E-state index >= 15 is 0 Å². The van der Waals surface area contributed by atoms with Crippen LogP contribution in [0.3, 0.4) is 0 Å². The lowest BCUT2D eigenvalue weighted by atomic mass is 10.00. The van der Waals surface area contributed by atoms with Gasteiger partial charge in [-0.15, -0.1) is 0 Å². The predicted molar refractivity (Wildman–Crippen MR) is 64.9 cm³/mol. The summed E-state index contributed by atoms with van der Waals surface area (Å²) in [5.74, 6) is 0.760. The Bertz CT molecular complexity index is 359. The summed E-state index contributed by atoms with van der Waals surface area (Å²) in [6.07, 6.45) is 6.32. The minimum Gasteiger partial charge on any atom is -0.493 e. The van der Waals surface area contributed by atoms with Crippen LogP contribution in [-0.4, -0.2) is 29.6 Å². The molecule has 2 unspecified atom stereocenters. The molecule has 1 aliphatic rings. The van der Waals surface area contributed by atoms with E-state index in [1.165, 1.54) is 12.8 Å². The fourth-order valence-electron chi connectivity index (χ4n) is 2.39. The third kappa shape index (κ3) is 2.79. The number of aryl methyl sites for hydroxylation is 1. The molecule has 2 atom stereocenters. The maximum atomic E-state index is 6.23. The van der Waals surface area contributed by atoms with Crippen molar-refractivity contribution >= 4 is 0 Å². The van der Waals surface area contributed by atoms with Crippen LogP contribution in [0.25, 0.3) is 0 Å². The smallest absolute Gasteiger partial charge is 0.161 e. The van der Waals surface area contributed by atoms with Crippen molar-refractivity contribution < 1.29 is 9.47 Å². The molecule has 1 aromatic rings. The average molecular weight is 239 g/mol. The van der Waals surface area contributed by atoms with Crippen molar-refractivity contribution in [3.8, 4) is 5.75 Å². The molecule has 5 nitrogen and oxygen atoms in total. The van der Waals surface area contributed by atoms with E-state index in [9.17, 15) is 0 Å². The molecule has 0 amide bonds. The molecule has 1 fully saturated rings. The van der Waals surface area contributed by atoms with Gasteiger partial charge in [0.2, 0.25) is 0 Å². The highest BCUT2D eigenvalue weighted by Crippen LogP contribution is 2.28. The van der Waals surface area contributed by atoms with Gasteiger partial charge in [-0.2, -0.15) is 5.10 Å². The lowest BCUT2D eigenvalue weighted by Gasteiger charge is -2.25. The van der Waals surface area contributed by atoms with Gasteiger partial charge in [0.25, 0.3) is 0 Å². The van der Waals surface area contributed by atoms with Gasteiger partial charge in [0.1, 0.15) is 0 Å². The molecule has 0 radical (unpaired) electrons. The first kappa shape index (κ1) is 12.4. The van der Waals surface area contributed by atoms with Crippen molar-refractivity contribution in [2.24, 2.45) is 12.8 Å². The summed E-state index contributed by atoms with van der Waals surface area (Å²) in [6, 6.07) is -0.0828. The second-order valence-electron chi connectivity index (χ2n) is 4.55. The maximum absolute atomic E-state index is 6.23. The Morgan fingerprint density at radius 3 is 3.12 bits per heavy atom. The van der Waals surface area contributed by atoms with Gasteiger partial charge in [-0.3, -0.25) is 4.68 Å². The minimum atomic E-state index is -0.0828. The molecule has 2 rings (SSSR count). The Labute approximate surface area is 102 Å². The molecule has 1 aromatic heterocycles. The Morgan fingerprint density at radius 1 is 1.65 bits per heavy atom. The fourth-order valence-corrected chi connectivity index (χ4v) is 2.39. The second-order valence-corrected chi connectivity index (χ2v) is 4.55. The normalized spacial score (nSPS) is 22.4. The number of methoxy groups -OCH3 is 1. The summed E-state index contributed by atoms with van der Waals surface area (Å²) >= 11 is 0. The molecule has 96 valence electrons. The number of nitrogens with zero attached hydrogens (tertiary/aromatic N) is 2. The number of ether oxygens (including phenoxy) is 2. The van der Waals surface area contributed by atoms with Gasteiger partial charge < -0.3 is 15.2 Å². The molecule has 0 spiro atoms. The quantitative estimate of drug-likeness (QED) is 0.862. The first-order chi connectivity index (χ1) is 8.22. The van der Waals surface area contributed by atoms with E-state index < -0.39 is 0 Å². The van der Waals surface area contributed by atoms with E-state index in [1.54, 1.807) is 18.0 Å². The zero-order valence-corrected chi connectivity index (χ0v) is 10.6. The number of rotatable bonds is 4. The van der Waals surface area contributed by atoms with Crippen LogP contribution in [0.4, 0.5) is 0 Å². The molecule has 2 heterocycles. The van der Waals surface area contributed by atoms with Crippen LogP contribution in [0.1, 0.15) is 37.4 Å². The predicted octanol–water partition coefficient (Wildman–Crippen LogP) is 1.39. The van der Waals surface area contributed by atoms with E-state index in [-0.39, 0.29) is 12.1 Å². The molecule has 2 N–H and O–H groups in total. The Hall–Kier alpha value is -1.07. The SMILES string of the molecule is COc1cnn(C)c1C(N)CC1CCCCO1. The second kappa shape index (κ2) is 5.51. The lowest BCUT2D eigenvalue weighted by molar-refractivity contribution is 0.00680. The van der Waals surface area contributed by atoms with E-state index in [4.69, 9.17) is 15.2 Å². The van der Waals surface area contributed by atoms with Crippen molar-refractivity contribution in [1.82, 2.24) is 9.78 Å². The largest absolute Gasteiger partial charge is 0.493 e. The van der Waals surface area contributed by atoms with Gasteiger partial charge in [0.05, 0.1) is 31.1 Å². The van der Waals surface area contributed by atoms with E-state index in [1.807, 2.05) is 7.05 Å². The minimum absolute atomic E-state index is 0.0828. The van der Waals surface area contributed by atoms with Crippen molar-refractivity contribution in [1.29, 1.82) is 0 Å². The summed E-state index contributed by atoms with van der Waals surface area (Å²) in [5, 5.41) is 4.17. The molecule has 0 aromatic carbocycles. The molecule has 0 bridgehead atoms. The molecule has 1 aliphatic heterocycles. The first-order valence-electron chi connectivity index (χ1n) is 6.15. The Balaban J connectivity index is 2.02. The highest BCUT2D eigenvalue weighted by molar-refractivity contribution is 5.27. The van der Waals surface area contributed by atoms with Crippen LogP contribution >= 0.6 is 0 Å². The van der Waals surface area contributed by atoms with Crippen molar-refractivity contribution in [3.63, 3.8) is 0 Å². The van der Waals surface area contributed by atoms with Crippen molar-refractivity contribution in [3.05, 3.63) is 11.9 Å². The summed E-state index contributed by atoms with van der Waals surface area (Å²) in [7, 11) is 3.53. The van der Waals surface area contributed by atoms with Gasteiger partial charge in [0.15, 0.2) is 5.75 Å². The number of hydrogen-bond donors (Lipinski definition) is 1. The third-order valence-electron chi connectivity index (χ3n) is 3.31. The van der Waals surface area contributed by atoms with Gasteiger partial charge >= 0.3 is 0 Å². The van der Waals surface area contributed by atoms with Crippen LogP contribution in [-0.2, 0) is 11.8 Å². The Morgan fingerprint density at radius 2 is 2.47 bits per heavy atom. The molecule has 1 saturated heterocycles. The molecule has 17 heavy (non-hydrogen) atoms. The molecule has 5 heteroatoms. The van der Waals surface area contributed by atoms with Crippen molar-refractivity contribution in [2.75, 3.05) is 13.7 Å². The highest BCUT2D eigenvalue weighted by Gasteiger charge is 2.22. The van der Waals surface area contributed by atoms with E-state index in [2.05, 4.69) is 5.10 Å². The van der Waals surface area contributed by atoms with Gasteiger partial charge in [-0.25, -0.2) is 0 Å². The molecule has 0 saturated carbocycles. The summed E-state index contributed by atoms with van der Waals surface area (Å²) in [6.45, 7) is 0.861. The van der Waals surface area contributed by atoms with Crippen LogP contribution in [0.5, 0.6) is 5.75 Å². The maximum Gasteiger partial charge on any atom is 0.161 e. The van der Waals surface area contributed by atoms with Crippen LogP contribution in [0.15, 0.2) is 6.20 Å². The average Bonchev–Trinajstić information content (AvgIpc) is 2.71. The number of aromatic nitrogens is 2. The third-order valence-corrected chi connectivity index (χ3v) is 3.31. The van der Waals surface area contributed by atoms with Crippen LogP contribution < -0.4 is 10.5 Å². The summed E-state index contributed by atoms with van der Waals surface area (Å²) < 4.78 is 12.8. The zero-order chi connectivity index (χ0) is 12.3. The molecular formula is C12H21N3O2. The van der Waals surface area contributed by atoms with Gasteiger partial charge in [-0.05, 0) is 25.7 Å². The highest BCUT2D eigenvalue weighted by atomic mass is 16.5. The number of hydrogen-bond acceptors (Lipinski definition) is 4. The summed E-state index contributed by atoms with van der Waals surface area (Å²) in [4.78, 5) is 0. The van der Waals surface area contributed by atoms with E-state index in [0.717, 1.165) is 30.9 Å². The Kier molecular flexibility index (Phi) is 4.02. The fraction of sp³-hybridized carbons (Fsp3) is 0.750.